The summed E-state index contributed by atoms with van der Waals surface area (Å²) in [6.07, 6.45) is 15.5. The van der Waals surface area contributed by atoms with Gasteiger partial charge in [0.1, 0.15) is 0 Å². The molecular formula is C17H32O2Si. The van der Waals surface area contributed by atoms with Gasteiger partial charge in [-0.3, -0.25) is 0 Å². The number of hydrogen-bond donors (Lipinski definition) is 0. The molecule has 0 aromatic carbocycles. The van der Waals surface area contributed by atoms with E-state index in [-0.39, 0.29) is 0 Å². The molecule has 0 aliphatic heterocycles. The van der Waals surface area contributed by atoms with Crippen molar-refractivity contribution in [1.82, 2.24) is 0 Å². The van der Waals surface area contributed by atoms with Crippen molar-refractivity contribution in [2.75, 3.05) is 13.2 Å². The molecule has 0 heterocycles. The van der Waals surface area contributed by atoms with Gasteiger partial charge in [-0.25, -0.2) is 0 Å². The van der Waals surface area contributed by atoms with E-state index in [1.165, 1.54) is 64.2 Å². The minimum Gasteiger partial charge on any atom is -0.394 e. The Morgan fingerprint density at radius 3 is 1.80 bits per heavy atom. The molecule has 0 radical (unpaired) electrons. The van der Waals surface area contributed by atoms with Crippen LogP contribution in [0.1, 0.15) is 71.1 Å². The quantitative estimate of drug-likeness (QED) is 0.466. The molecule has 2 aliphatic rings. The van der Waals surface area contributed by atoms with Crippen LogP contribution in [0, 0.1) is 0 Å². The van der Waals surface area contributed by atoms with Crippen molar-refractivity contribution in [2.24, 2.45) is 0 Å². The molecule has 0 aromatic heterocycles. The van der Waals surface area contributed by atoms with Crippen molar-refractivity contribution in [3.8, 4) is 0 Å². The fraction of sp³-hybridized carbons (Fsp3) is 0.882. The van der Waals surface area contributed by atoms with Crippen LogP contribution in [0.3, 0.4) is 0 Å². The summed E-state index contributed by atoms with van der Waals surface area (Å²) in [4.78, 5) is 0. The highest BCUT2D eigenvalue weighted by atomic mass is 28.4. The summed E-state index contributed by atoms with van der Waals surface area (Å²) < 4.78 is 13.0. The second-order valence-electron chi connectivity index (χ2n) is 6.42. The summed E-state index contributed by atoms with van der Waals surface area (Å²) in [5.41, 5.74) is 1.44. The Balaban J connectivity index is 2.18. The van der Waals surface area contributed by atoms with Gasteiger partial charge in [0.05, 0.1) is 6.61 Å². The molecule has 2 saturated carbocycles. The molecule has 20 heavy (non-hydrogen) atoms. The zero-order valence-electron chi connectivity index (χ0n) is 13.2. The standard InChI is InChI=1S/C17H32O2Si/c1-3-15-19-20(18-4-2,16-11-7-5-8-12-16)17-13-9-6-10-14-17/h3,16-17H,1,4-15H2,2H3. The molecule has 0 spiro atoms. The molecule has 0 aromatic rings. The first-order valence-electron chi connectivity index (χ1n) is 8.72. The van der Waals surface area contributed by atoms with Crippen LogP contribution in [0.5, 0.6) is 0 Å². The summed E-state index contributed by atoms with van der Waals surface area (Å²) >= 11 is 0. The third kappa shape index (κ3) is 3.74. The third-order valence-corrected chi connectivity index (χ3v) is 9.93. The maximum absolute atomic E-state index is 6.50. The minimum absolute atomic E-state index is 0.680. The van der Waals surface area contributed by atoms with E-state index in [1.54, 1.807) is 0 Å². The van der Waals surface area contributed by atoms with E-state index in [4.69, 9.17) is 8.85 Å². The van der Waals surface area contributed by atoms with Crippen LogP contribution >= 0.6 is 0 Å². The molecule has 2 rings (SSSR count). The van der Waals surface area contributed by atoms with E-state index >= 15 is 0 Å². The lowest BCUT2D eigenvalue weighted by molar-refractivity contribution is 0.153. The molecule has 0 saturated heterocycles. The first-order valence-corrected chi connectivity index (χ1v) is 10.7. The van der Waals surface area contributed by atoms with E-state index in [1.807, 2.05) is 6.08 Å². The highest BCUT2D eigenvalue weighted by molar-refractivity contribution is 6.70. The third-order valence-electron chi connectivity index (χ3n) is 5.15. The Hall–Kier alpha value is -0.123. The highest BCUT2D eigenvalue weighted by Gasteiger charge is 2.52. The fourth-order valence-electron chi connectivity index (χ4n) is 4.27. The molecule has 0 bridgehead atoms. The average molecular weight is 297 g/mol. The van der Waals surface area contributed by atoms with Crippen molar-refractivity contribution in [3.63, 3.8) is 0 Å². The molecular weight excluding hydrogens is 264 g/mol. The molecule has 116 valence electrons. The van der Waals surface area contributed by atoms with Crippen LogP contribution in [0.4, 0.5) is 0 Å². The van der Waals surface area contributed by atoms with Gasteiger partial charge in [0.2, 0.25) is 0 Å². The maximum atomic E-state index is 6.50. The number of hydrogen-bond acceptors (Lipinski definition) is 2. The maximum Gasteiger partial charge on any atom is 0.344 e. The monoisotopic (exact) mass is 296 g/mol. The van der Waals surface area contributed by atoms with Gasteiger partial charge in [-0.1, -0.05) is 44.6 Å². The van der Waals surface area contributed by atoms with Gasteiger partial charge in [-0.15, -0.1) is 6.58 Å². The molecule has 0 unspecified atom stereocenters. The first-order chi connectivity index (χ1) is 9.83. The number of rotatable bonds is 7. The van der Waals surface area contributed by atoms with Gasteiger partial charge in [0, 0.05) is 17.7 Å². The fourth-order valence-corrected chi connectivity index (χ4v) is 9.22. The van der Waals surface area contributed by atoms with Crippen LogP contribution in [-0.2, 0) is 8.85 Å². The van der Waals surface area contributed by atoms with E-state index in [0.717, 1.165) is 17.7 Å². The van der Waals surface area contributed by atoms with E-state index in [2.05, 4.69) is 13.5 Å². The Morgan fingerprint density at radius 1 is 0.900 bits per heavy atom. The van der Waals surface area contributed by atoms with Gasteiger partial charge < -0.3 is 8.85 Å². The lowest BCUT2D eigenvalue weighted by Gasteiger charge is -2.45. The Kier molecular flexibility index (Phi) is 6.79. The Labute approximate surface area is 126 Å². The zero-order valence-corrected chi connectivity index (χ0v) is 14.2. The van der Waals surface area contributed by atoms with E-state index < -0.39 is 8.56 Å². The SMILES string of the molecule is C=CCO[Si](OCC)(C1CCCCC1)C1CCCCC1. The van der Waals surface area contributed by atoms with Crippen LogP contribution < -0.4 is 0 Å². The molecule has 2 aliphatic carbocycles. The smallest absolute Gasteiger partial charge is 0.344 e. The predicted octanol–water partition coefficient (Wildman–Crippen LogP) is 5.34. The van der Waals surface area contributed by atoms with Crippen molar-refractivity contribution >= 4 is 8.56 Å². The van der Waals surface area contributed by atoms with Crippen LogP contribution in [0.25, 0.3) is 0 Å². The molecule has 3 heteroatoms. The molecule has 2 fully saturated rings. The second-order valence-corrected chi connectivity index (χ2v) is 10.1. The molecule has 0 N–H and O–H groups in total. The van der Waals surface area contributed by atoms with Gasteiger partial charge in [-0.05, 0) is 32.6 Å². The van der Waals surface area contributed by atoms with Crippen molar-refractivity contribution in [1.29, 1.82) is 0 Å². The largest absolute Gasteiger partial charge is 0.394 e. The summed E-state index contributed by atoms with van der Waals surface area (Å²) in [6.45, 7) is 7.49. The second kappa shape index (κ2) is 8.35. The summed E-state index contributed by atoms with van der Waals surface area (Å²) in [5.74, 6) is 0. The summed E-state index contributed by atoms with van der Waals surface area (Å²) in [6, 6.07) is 0. The van der Waals surface area contributed by atoms with Crippen molar-refractivity contribution in [3.05, 3.63) is 12.7 Å². The van der Waals surface area contributed by atoms with E-state index in [0.29, 0.717) is 6.61 Å². The lowest BCUT2D eigenvalue weighted by atomic mass is 9.99. The van der Waals surface area contributed by atoms with Gasteiger partial charge in [-0.2, -0.15) is 0 Å². The Morgan fingerprint density at radius 2 is 1.40 bits per heavy atom. The van der Waals surface area contributed by atoms with Crippen molar-refractivity contribution < 1.29 is 8.85 Å². The topological polar surface area (TPSA) is 18.5 Å². The predicted molar refractivity (Wildman–Crippen MR) is 87.2 cm³/mol. The molecule has 0 amide bonds. The van der Waals surface area contributed by atoms with Gasteiger partial charge in [0.25, 0.3) is 0 Å². The summed E-state index contributed by atoms with van der Waals surface area (Å²) in [7, 11) is -2.09. The first kappa shape index (κ1) is 16.3. The summed E-state index contributed by atoms with van der Waals surface area (Å²) in [5, 5.41) is 0. The van der Waals surface area contributed by atoms with Gasteiger partial charge in [0.15, 0.2) is 0 Å². The normalized spacial score (nSPS) is 22.9. The van der Waals surface area contributed by atoms with Crippen LogP contribution in [0.2, 0.25) is 11.1 Å². The zero-order chi connectivity index (χ0) is 14.3. The van der Waals surface area contributed by atoms with Crippen LogP contribution in [0.15, 0.2) is 12.7 Å². The molecule has 0 atom stereocenters. The van der Waals surface area contributed by atoms with Crippen LogP contribution in [-0.4, -0.2) is 21.8 Å². The lowest BCUT2D eigenvalue weighted by Crippen LogP contribution is -2.52. The van der Waals surface area contributed by atoms with Gasteiger partial charge >= 0.3 is 8.56 Å². The highest BCUT2D eigenvalue weighted by Crippen LogP contribution is 2.49. The van der Waals surface area contributed by atoms with E-state index in [9.17, 15) is 0 Å². The minimum atomic E-state index is -2.09. The Bertz CT molecular complexity index is 263. The average Bonchev–Trinajstić information content (AvgIpc) is 2.53. The van der Waals surface area contributed by atoms with Crippen molar-refractivity contribution in [2.45, 2.75) is 82.2 Å². The molecule has 2 nitrogen and oxygen atoms in total.